The molecular formula is C28H28F2N2Ti. The summed E-state index contributed by atoms with van der Waals surface area (Å²) in [6.07, 6.45) is 0. The minimum absolute atomic E-state index is 0. The minimum Gasteiger partial charge on any atom is -1.00 e. The topological polar surface area (TPSA) is 28.2 Å². The van der Waals surface area contributed by atoms with Gasteiger partial charge in [-0.05, 0) is 27.7 Å². The van der Waals surface area contributed by atoms with Crippen LogP contribution in [0.2, 0.25) is 0 Å². The zero-order valence-electron chi connectivity index (χ0n) is 19.4. The molecule has 0 aliphatic heterocycles. The van der Waals surface area contributed by atoms with E-state index in [0.717, 1.165) is 22.7 Å². The van der Waals surface area contributed by atoms with Gasteiger partial charge in [0.25, 0.3) is 0 Å². The summed E-state index contributed by atoms with van der Waals surface area (Å²) < 4.78 is 0. The van der Waals surface area contributed by atoms with Crippen LogP contribution in [0.4, 0.5) is 22.7 Å². The van der Waals surface area contributed by atoms with E-state index in [9.17, 15) is 0 Å². The fourth-order valence-corrected chi connectivity index (χ4v) is 3.01. The number of hydrogen-bond acceptors (Lipinski definition) is 0. The summed E-state index contributed by atoms with van der Waals surface area (Å²) in [4.78, 5) is 0. The van der Waals surface area contributed by atoms with Gasteiger partial charge in [0.1, 0.15) is 0 Å². The van der Waals surface area contributed by atoms with Crippen molar-refractivity contribution in [3.05, 3.63) is 130 Å². The van der Waals surface area contributed by atoms with Crippen molar-refractivity contribution in [2.75, 3.05) is 0 Å². The van der Waals surface area contributed by atoms with E-state index in [1.54, 1.807) is 0 Å². The summed E-state index contributed by atoms with van der Waals surface area (Å²) in [5.41, 5.74) is 9.03. The predicted molar refractivity (Wildman–Crippen MR) is 130 cm³/mol. The molecule has 0 amide bonds. The van der Waals surface area contributed by atoms with Crippen LogP contribution < -0.4 is 9.41 Å². The average Bonchev–Trinajstić information content (AvgIpc) is 2.75. The molecule has 168 valence electrons. The SMILES string of the molecule is Cc1ccccc1[N-]c1ccccc1C.Cc1ccccc1[N-]c1ccccc1C.[F-].[F-].[Ti+4]. The molecule has 2 nitrogen and oxygen atoms in total. The smallest absolute Gasteiger partial charge is 1.00 e. The van der Waals surface area contributed by atoms with Gasteiger partial charge in [0.15, 0.2) is 0 Å². The third kappa shape index (κ3) is 8.84. The first-order valence-corrected chi connectivity index (χ1v) is 10.2. The second-order valence-electron chi connectivity index (χ2n) is 7.37. The molecule has 0 radical (unpaired) electrons. The Morgan fingerprint density at radius 3 is 0.727 bits per heavy atom. The monoisotopic (exact) mass is 478 g/mol. The van der Waals surface area contributed by atoms with Gasteiger partial charge in [-0.1, -0.05) is 119 Å². The van der Waals surface area contributed by atoms with Gasteiger partial charge >= 0.3 is 21.7 Å². The Hall–Kier alpha value is -2.95. The Morgan fingerprint density at radius 1 is 0.364 bits per heavy atom. The summed E-state index contributed by atoms with van der Waals surface area (Å²) in [6.45, 7) is 8.32. The Bertz CT molecular complexity index is 940. The Labute approximate surface area is 211 Å². The zero-order chi connectivity index (χ0) is 21.3. The summed E-state index contributed by atoms with van der Waals surface area (Å²) >= 11 is 0. The fraction of sp³-hybridized carbons (Fsp3) is 0.143. The van der Waals surface area contributed by atoms with Crippen LogP contribution in [0, 0.1) is 27.7 Å². The number of rotatable bonds is 4. The Balaban J connectivity index is 0.000000569. The van der Waals surface area contributed by atoms with Crippen molar-refractivity contribution in [2.45, 2.75) is 27.7 Å². The largest absolute Gasteiger partial charge is 4.00 e. The molecule has 5 heteroatoms. The van der Waals surface area contributed by atoms with Gasteiger partial charge in [-0.15, -0.1) is 22.7 Å². The standard InChI is InChI=1S/2C14H14N.2FH.Ti/c2*1-11-7-3-5-9-13(11)15-14-10-6-4-8-12(14)2;;;/h2*3-10H,1-2H3;2*1H;/q2*-1;;;+4/p-2. The van der Waals surface area contributed by atoms with E-state index in [-0.39, 0.29) is 31.1 Å². The van der Waals surface area contributed by atoms with Crippen LogP contribution in [0.15, 0.2) is 97.1 Å². The van der Waals surface area contributed by atoms with Gasteiger partial charge in [-0.2, -0.15) is 0 Å². The molecule has 0 spiro atoms. The van der Waals surface area contributed by atoms with E-state index in [1.807, 2.05) is 72.8 Å². The number of para-hydroxylation sites is 4. The summed E-state index contributed by atoms with van der Waals surface area (Å²) in [6, 6.07) is 32.7. The first-order valence-electron chi connectivity index (χ1n) is 10.2. The van der Waals surface area contributed by atoms with Crippen molar-refractivity contribution in [1.82, 2.24) is 0 Å². The second-order valence-corrected chi connectivity index (χ2v) is 7.37. The normalized spacial score (nSPS) is 9.09. The number of benzene rings is 4. The fourth-order valence-electron chi connectivity index (χ4n) is 3.01. The maximum absolute atomic E-state index is 4.64. The van der Waals surface area contributed by atoms with Crippen molar-refractivity contribution in [3.8, 4) is 0 Å². The van der Waals surface area contributed by atoms with Crippen LogP contribution in [-0.2, 0) is 21.7 Å². The maximum atomic E-state index is 4.64. The van der Waals surface area contributed by atoms with Crippen LogP contribution in [0.3, 0.4) is 0 Å². The molecule has 4 aromatic rings. The molecule has 0 N–H and O–H groups in total. The Kier molecular flexibility index (Phi) is 13.7. The van der Waals surface area contributed by atoms with Gasteiger partial charge in [0, 0.05) is 0 Å². The number of halogens is 2. The van der Waals surface area contributed by atoms with Crippen LogP contribution in [0.1, 0.15) is 22.3 Å². The maximum Gasteiger partial charge on any atom is 4.00 e. The first-order chi connectivity index (χ1) is 14.5. The number of hydrogen-bond donors (Lipinski definition) is 0. The molecule has 0 saturated heterocycles. The third-order valence-corrected chi connectivity index (χ3v) is 4.94. The molecule has 0 saturated carbocycles. The number of aryl methyl sites for hydroxylation is 4. The predicted octanol–water partition coefficient (Wildman–Crippen LogP) is 3.29. The van der Waals surface area contributed by atoms with E-state index in [4.69, 9.17) is 0 Å². The summed E-state index contributed by atoms with van der Waals surface area (Å²) in [7, 11) is 0. The van der Waals surface area contributed by atoms with Crippen LogP contribution >= 0.6 is 0 Å². The minimum atomic E-state index is 0. The molecule has 0 unspecified atom stereocenters. The summed E-state index contributed by atoms with van der Waals surface area (Å²) in [5.74, 6) is 0. The molecule has 0 heterocycles. The molecule has 0 aliphatic rings. The zero-order valence-corrected chi connectivity index (χ0v) is 20.9. The molecule has 0 bridgehead atoms. The van der Waals surface area contributed by atoms with E-state index in [0.29, 0.717) is 0 Å². The molecular weight excluding hydrogens is 450 g/mol. The molecule has 33 heavy (non-hydrogen) atoms. The van der Waals surface area contributed by atoms with E-state index < -0.39 is 0 Å². The van der Waals surface area contributed by atoms with Gasteiger partial charge in [-0.3, -0.25) is 0 Å². The molecule has 4 aromatic carbocycles. The second kappa shape index (κ2) is 15.0. The van der Waals surface area contributed by atoms with Crippen LogP contribution in [0.25, 0.3) is 10.6 Å². The van der Waals surface area contributed by atoms with Gasteiger partial charge in [-0.25, -0.2) is 0 Å². The molecule has 0 aliphatic carbocycles. The van der Waals surface area contributed by atoms with Crippen molar-refractivity contribution in [2.24, 2.45) is 0 Å². The third-order valence-electron chi connectivity index (χ3n) is 4.94. The van der Waals surface area contributed by atoms with Crippen molar-refractivity contribution < 1.29 is 31.1 Å². The van der Waals surface area contributed by atoms with Gasteiger partial charge < -0.3 is 20.0 Å². The van der Waals surface area contributed by atoms with Crippen molar-refractivity contribution in [3.63, 3.8) is 0 Å². The van der Waals surface area contributed by atoms with E-state index in [1.165, 1.54) is 22.3 Å². The van der Waals surface area contributed by atoms with E-state index in [2.05, 4.69) is 62.6 Å². The molecule has 0 aromatic heterocycles. The molecule has 0 fully saturated rings. The van der Waals surface area contributed by atoms with E-state index >= 15 is 0 Å². The van der Waals surface area contributed by atoms with Crippen molar-refractivity contribution >= 4 is 22.7 Å². The quantitative estimate of drug-likeness (QED) is 0.403. The first kappa shape index (κ1) is 30.1. The average molecular weight is 478 g/mol. The molecule has 0 atom stereocenters. The van der Waals surface area contributed by atoms with Crippen LogP contribution in [-0.4, -0.2) is 0 Å². The molecule has 4 rings (SSSR count). The summed E-state index contributed by atoms with van der Waals surface area (Å²) in [5, 5.41) is 9.28. The van der Waals surface area contributed by atoms with Gasteiger partial charge in [0.05, 0.1) is 0 Å². The van der Waals surface area contributed by atoms with Gasteiger partial charge in [0.2, 0.25) is 0 Å². The van der Waals surface area contributed by atoms with Crippen molar-refractivity contribution in [1.29, 1.82) is 0 Å². The Morgan fingerprint density at radius 2 is 0.545 bits per heavy atom. The number of nitrogens with zero attached hydrogens (tertiary/aromatic N) is 2. The van der Waals surface area contributed by atoms with Crippen LogP contribution in [0.5, 0.6) is 0 Å².